The second-order valence-corrected chi connectivity index (χ2v) is 9.04. The van der Waals surface area contributed by atoms with Crippen molar-refractivity contribution in [2.24, 2.45) is 5.92 Å². The van der Waals surface area contributed by atoms with Gasteiger partial charge in [0.15, 0.2) is 0 Å². The molecule has 3 rings (SSSR count). The summed E-state index contributed by atoms with van der Waals surface area (Å²) in [6, 6.07) is 8.25. The molecule has 2 saturated heterocycles. The normalized spacial score (nSPS) is 18.4. The second-order valence-electron chi connectivity index (χ2n) is 9.04. The molecule has 6 heteroatoms. The molecule has 2 aliphatic rings. The Morgan fingerprint density at radius 1 is 0.935 bits per heavy atom. The molecule has 0 atom stereocenters. The van der Waals surface area contributed by atoms with Crippen LogP contribution >= 0.6 is 0 Å². The Hall–Kier alpha value is -2.08. The van der Waals surface area contributed by atoms with Crippen LogP contribution < -0.4 is 15.5 Å². The number of hydrogen-bond acceptors (Lipinski definition) is 4. The quantitative estimate of drug-likeness (QED) is 0.583. The summed E-state index contributed by atoms with van der Waals surface area (Å²) in [6.45, 7) is 7.18. The van der Waals surface area contributed by atoms with Crippen LogP contribution in [0.3, 0.4) is 0 Å². The molecule has 2 fully saturated rings. The molecule has 1 aromatic carbocycles. The molecule has 1 aromatic rings. The van der Waals surface area contributed by atoms with Gasteiger partial charge in [0.05, 0.1) is 6.54 Å². The Labute approximate surface area is 187 Å². The molecule has 0 spiro atoms. The Morgan fingerprint density at radius 2 is 1.61 bits per heavy atom. The zero-order valence-electron chi connectivity index (χ0n) is 19.2. The second kappa shape index (κ2) is 12.7. The third-order valence-corrected chi connectivity index (χ3v) is 6.53. The largest absolute Gasteiger partial charge is 0.372 e. The van der Waals surface area contributed by atoms with Crippen LogP contribution in [0.2, 0.25) is 0 Å². The SMILES string of the molecule is CCCCCNC(=O)C1CCN(CC(=O)Nc2ccc(N3CCCCCC3)cc2)CC1. The molecular formula is C25H40N4O2. The molecule has 0 bridgehead atoms. The van der Waals surface area contributed by atoms with Gasteiger partial charge in [0.25, 0.3) is 0 Å². The number of carbonyl (C=O) groups excluding carboxylic acids is 2. The van der Waals surface area contributed by atoms with Crippen LogP contribution in [0.15, 0.2) is 24.3 Å². The first-order chi connectivity index (χ1) is 15.2. The summed E-state index contributed by atoms with van der Waals surface area (Å²) in [5.41, 5.74) is 2.10. The first-order valence-corrected chi connectivity index (χ1v) is 12.3. The third kappa shape index (κ3) is 7.84. The number of anilines is 2. The van der Waals surface area contributed by atoms with E-state index < -0.39 is 0 Å². The molecule has 2 heterocycles. The van der Waals surface area contributed by atoms with E-state index in [1.165, 1.54) is 37.8 Å². The number of carbonyl (C=O) groups is 2. The van der Waals surface area contributed by atoms with Crippen molar-refractivity contribution in [1.82, 2.24) is 10.2 Å². The van der Waals surface area contributed by atoms with Gasteiger partial charge in [-0.3, -0.25) is 14.5 Å². The van der Waals surface area contributed by atoms with Gasteiger partial charge in [-0.2, -0.15) is 0 Å². The van der Waals surface area contributed by atoms with E-state index in [9.17, 15) is 9.59 Å². The summed E-state index contributed by atoms with van der Waals surface area (Å²) in [4.78, 5) is 29.4. The average molecular weight is 429 g/mol. The molecule has 0 aliphatic carbocycles. The van der Waals surface area contributed by atoms with Crippen molar-refractivity contribution in [2.45, 2.75) is 64.7 Å². The third-order valence-electron chi connectivity index (χ3n) is 6.53. The number of likely N-dealkylation sites (tertiary alicyclic amines) is 1. The molecule has 0 radical (unpaired) electrons. The summed E-state index contributed by atoms with van der Waals surface area (Å²) in [5, 5.41) is 6.09. The Morgan fingerprint density at radius 3 is 2.26 bits per heavy atom. The molecule has 0 unspecified atom stereocenters. The van der Waals surface area contributed by atoms with Gasteiger partial charge >= 0.3 is 0 Å². The predicted molar refractivity (Wildman–Crippen MR) is 127 cm³/mol. The predicted octanol–water partition coefficient (Wildman–Crippen LogP) is 4.02. The molecule has 0 aromatic heterocycles. The lowest BCUT2D eigenvalue weighted by atomic mass is 9.96. The van der Waals surface area contributed by atoms with Gasteiger partial charge in [-0.15, -0.1) is 0 Å². The highest BCUT2D eigenvalue weighted by Crippen LogP contribution is 2.22. The summed E-state index contributed by atoms with van der Waals surface area (Å²) in [5.74, 6) is 0.294. The Balaban J connectivity index is 1.37. The van der Waals surface area contributed by atoms with Gasteiger partial charge in [0.1, 0.15) is 0 Å². The number of nitrogens with one attached hydrogen (secondary N) is 2. The minimum atomic E-state index is 0.0185. The fourth-order valence-corrected chi connectivity index (χ4v) is 4.57. The van der Waals surface area contributed by atoms with E-state index in [4.69, 9.17) is 0 Å². The number of rotatable bonds is 9. The maximum atomic E-state index is 12.5. The number of hydrogen-bond donors (Lipinski definition) is 2. The fraction of sp³-hybridized carbons (Fsp3) is 0.680. The maximum absolute atomic E-state index is 12.5. The highest BCUT2D eigenvalue weighted by molar-refractivity contribution is 5.92. The van der Waals surface area contributed by atoms with Crippen molar-refractivity contribution in [3.05, 3.63) is 24.3 Å². The maximum Gasteiger partial charge on any atom is 0.238 e. The van der Waals surface area contributed by atoms with Gasteiger partial charge in [0.2, 0.25) is 11.8 Å². The molecule has 172 valence electrons. The lowest BCUT2D eigenvalue weighted by molar-refractivity contribution is -0.126. The molecule has 2 amide bonds. The summed E-state index contributed by atoms with van der Waals surface area (Å²) in [7, 11) is 0. The van der Waals surface area contributed by atoms with Gasteiger partial charge in [-0.25, -0.2) is 0 Å². The lowest BCUT2D eigenvalue weighted by Crippen LogP contribution is -2.43. The average Bonchev–Trinajstić information content (AvgIpc) is 3.07. The monoisotopic (exact) mass is 428 g/mol. The number of nitrogens with zero attached hydrogens (tertiary/aromatic N) is 2. The summed E-state index contributed by atoms with van der Waals surface area (Å²) in [6.07, 6.45) is 10.2. The number of amides is 2. The minimum absolute atomic E-state index is 0.0185. The number of unbranched alkanes of at least 4 members (excludes halogenated alkanes) is 2. The van der Waals surface area contributed by atoms with Crippen molar-refractivity contribution in [3.8, 4) is 0 Å². The molecular weight excluding hydrogens is 388 g/mol. The Bertz CT molecular complexity index is 675. The van der Waals surface area contributed by atoms with E-state index in [1.807, 2.05) is 12.1 Å². The topological polar surface area (TPSA) is 64.7 Å². The molecule has 2 aliphatic heterocycles. The zero-order chi connectivity index (χ0) is 21.9. The van der Waals surface area contributed by atoms with E-state index in [-0.39, 0.29) is 17.7 Å². The summed E-state index contributed by atoms with van der Waals surface area (Å²) < 4.78 is 0. The van der Waals surface area contributed by atoms with Gasteiger partial charge < -0.3 is 15.5 Å². The molecule has 6 nitrogen and oxygen atoms in total. The summed E-state index contributed by atoms with van der Waals surface area (Å²) >= 11 is 0. The van der Waals surface area contributed by atoms with Crippen LogP contribution in [0.4, 0.5) is 11.4 Å². The first-order valence-electron chi connectivity index (χ1n) is 12.3. The number of piperidine rings is 1. The van der Waals surface area contributed by atoms with Gasteiger partial charge in [0, 0.05) is 36.9 Å². The lowest BCUT2D eigenvalue weighted by Gasteiger charge is -2.30. The van der Waals surface area contributed by atoms with E-state index in [2.05, 4.69) is 39.5 Å². The molecule has 31 heavy (non-hydrogen) atoms. The van der Waals surface area contributed by atoms with Crippen molar-refractivity contribution in [2.75, 3.05) is 49.5 Å². The molecule has 0 saturated carbocycles. The van der Waals surface area contributed by atoms with Gasteiger partial charge in [-0.05, 0) is 69.5 Å². The van der Waals surface area contributed by atoms with E-state index in [1.54, 1.807) is 0 Å². The highest BCUT2D eigenvalue weighted by Gasteiger charge is 2.25. The van der Waals surface area contributed by atoms with Gasteiger partial charge in [-0.1, -0.05) is 32.6 Å². The van der Waals surface area contributed by atoms with E-state index >= 15 is 0 Å². The van der Waals surface area contributed by atoms with Crippen LogP contribution in [-0.4, -0.2) is 56.0 Å². The molecule has 2 N–H and O–H groups in total. The van der Waals surface area contributed by atoms with Crippen LogP contribution in [-0.2, 0) is 9.59 Å². The van der Waals surface area contributed by atoms with E-state index in [0.717, 1.165) is 64.1 Å². The van der Waals surface area contributed by atoms with Crippen LogP contribution in [0, 0.1) is 5.92 Å². The minimum Gasteiger partial charge on any atom is -0.372 e. The van der Waals surface area contributed by atoms with Crippen molar-refractivity contribution in [1.29, 1.82) is 0 Å². The van der Waals surface area contributed by atoms with Crippen LogP contribution in [0.5, 0.6) is 0 Å². The van der Waals surface area contributed by atoms with E-state index in [0.29, 0.717) is 6.54 Å². The van der Waals surface area contributed by atoms with Crippen LogP contribution in [0.1, 0.15) is 64.7 Å². The van der Waals surface area contributed by atoms with Crippen molar-refractivity contribution in [3.63, 3.8) is 0 Å². The fourth-order valence-electron chi connectivity index (χ4n) is 4.57. The van der Waals surface area contributed by atoms with Crippen LogP contribution in [0.25, 0.3) is 0 Å². The zero-order valence-corrected chi connectivity index (χ0v) is 19.2. The Kier molecular flexibility index (Phi) is 9.66. The first kappa shape index (κ1) is 23.6. The van der Waals surface area contributed by atoms with Crippen molar-refractivity contribution >= 4 is 23.2 Å². The standard InChI is InChI=1S/C25H40N4O2/c1-2-3-6-15-26-25(31)21-13-18-28(19-14-21)20-24(30)27-22-9-11-23(12-10-22)29-16-7-4-5-8-17-29/h9-12,21H,2-8,13-20H2,1H3,(H,26,31)(H,27,30). The van der Waals surface area contributed by atoms with Crippen molar-refractivity contribution < 1.29 is 9.59 Å². The smallest absolute Gasteiger partial charge is 0.238 e. The number of benzene rings is 1. The highest BCUT2D eigenvalue weighted by atomic mass is 16.2.